The maximum absolute atomic E-state index is 6.25. The van der Waals surface area contributed by atoms with E-state index in [2.05, 4.69) is 91.7 Å². The first-order valence-corrected chi connectivity index (χ1v) is 12.8. The van der Waals surface area contributed by atoms with E-state index in [4.69, 9.17) is 5.73 Å². The van der Waals surface area contributed by atoms with Gasteiger partial charge in [0.25, 0.3) is 0 Å². The van der Waals surface area contributed by atoms with Crippen LogP contribution < -0.4 is 5.73 Å². The fourth-order valence-corrected chi connectivity index (χ4v) is 5.10. The molecule has 2 aliphatic heterocycles. The molecular weight excluding hydrogens is 418 g/mol. The van der Waals surface area contributed by atoms with Gasteiger partial charge in [-0.2, -0.15) is 0 Å². The zero-order valence-electron chi connectivity index (χ0n) is 22.2. The summed E-state index contributed by atoms with van der Waals surface area (Å²) in [6, 6.07) is 4.70. The van der Waals surface area contributed by atoms with Crippen molar-refractivity contribution in [1.82, 2.24) is 19.6 Å². The molecule has 3 rings (SSSR count). The van der Waals surface area contributed by atoms with E-state index >= 15 is 0 Å². The van der Waals surface area contributed by atoms with E-state index in [9.17, 15) is 0 Å². The highest BCUT2D eigenvalue weighted by atomic mass is 15.3. The zero-order chi connectivity index (χ0) is 24.8. The number of aryl methyl sites for hydroxylation is 2. The minimum Gasteiger partial charge on any atom is -0.385 e. The molecule has 0 aliphatic carbocycles. The molecule has 2 fully saturated rings. The second-order valence-electron chi connectivity index (χ2n) is 9.73. The zero-order valence-corrected chi connectivity index (χ0v) is 22.2. The number of piperazine rings is 2. The first kappa shape index (κ1) is 26.0. The van der Waals surface area contributed by atoms with Gasteiger partial charge in [-0.15, -0.1) is 0 Å². The van der Waals surface area contributed by atoms with Gasteiger partial charge in [-0.25, -0.2) is 0 Å². The summed E-state index contributed by atoms with van der Waals surface area (Å²) < 4.78 is 0. The molecule has 0 aromatic heterocycles. The van der Waals surface area contributed by atoms with Crippen molar-refractivity contribution in [3.8, 4) is 0 Å². The molecule has 0 bridgehead atoms. The van der Waals surface area contributed by atoms with Crippen LogP contribution in [0.1, 0.15) is 55.9 Å². The van der Waals surface area contributed by atoms with Crippen molar-refractivity contribution in [1.29, 1.82) is 0 Å². The third-order valence-corrected chi connectivity index (χ3v) is 7.21. The van der Waals surface area contributed by atoms with Crippen LogP contribution >= 0.6 is 0 Å². The average Bonchev–Trinajstić information content (AvgIpc) is 2.81. The van der Waals surface area contributed by atoms with Gasteiger partial charge in [0, 0.05) is 68.5 Å². The van der Waals surface area contributed by atoms with Gasteiger partial charge >= 0.3 is 0 Å². The van der Waals surface area contributed by atoms with Gasteiger partial charge in [0.1, 0.15) is 0 Å². The van der Waals surface area contributed by atoms with Gasteiger partial charge in [-0.3, -0.25) is 4.90 Å². The molecule has 2 heterocycles. The molecule has 5 nitrogen and oxygen atoms in total. The van der Waals surface area contributed by atoms with Gasteiger partial charge in [0.05, 0.1) is 12.4 Å². The van der Waals surface area contributed by atoms with E-state index in [1.807, 2.05) is 0 Å². The minimum atomic E-state index is 0.756. The van der Waals surface area contributed by atoms with E-state index < -0.39 is 0 Å². The van der Waals surface area contributed by atoms with Crippen LogP contribution in [0.25, 0.3) is 5.70 Å². The van der Waals surface area contributed by atoms with Crippen LogP contribution in [0, 0.1) is 13.8 Å². The standard InChI is InChI=1S/C29H45N5/c1-8-10-24(5)32-14-12-31(13-15-32)21-27-19-28(23(4)18-22(27)3)26(7)33-16-17-34(25(6)20-33)29(30)11-9-2/h10-11,18-19H,6-9,12-17,20-21,30H2,1-5H3/b24-10+,29-11+. The third-order valence-electron chi connectivity index (χ3n) is 7.21. The third kappa shape index (κ3) is 6.06. The van der Waals surface area contributed by atoms with Crippen LogP contribution in [0.4, 0.5) is 0 Å². The van der Waals surface area contributed by atoms with Crippen molar-refractivity contribution in [2.75, 3.05) is 45.8 Å². The van der Waals surface area contributed by atoms with Crippen molar-refractivity contribution in [3.63, 3.8) is 0 Å². The topological polar surface area (TPSA) is 39.0 Å². The Morgan fingerprint density at radius 2 is 1.59 bits per heavy atom. The summed E-state index contributed by atoms with van der Waals surface area (Å²) >= 11 is 0. The minimum absolute atomic E-state index is 0.756. The summed E-state index contributed by atoms with van der Waals surface area (Å²) in [7, 11) is 0. The molecule has 0 amide bonds. The van der Waals surface area contributed by atoms with Crippen LogP contribution in [0.3, 0.4) is 0 Å². The summed E-state index contributed by atoms with van der Waals surface area (Å²) in [6.45, 7) is 27.7. The highest BCUT2D eigenvalue weighted by Gasteiger charge is 2.24. The van der Waals surface area contributed by atoms with Crippen molar-refractivity contribution in [2.24, 2.45) is 5.73 Å². The molecule has 2 N–H and O–H groups in total. The first-order valence-electron chi connectivity index (χ1n) is 12.8. The maximum atomic E-state index is 6.25. The number of benzene rings is 1. The van der Waals surface area contributed by atoms with Gasteiger partial charge in [0.2, 0.25) is 0 Å². The molecule has 34 heavy (non-hydrogen) atoms. The summed E-state index contributed by atoms with van der Waals surface area (Å²) in [4.78, 5) is 9.59. The molecule has 5 heteroatoms. The largest absolute Gasteiger partial charge is 0.385 e. The lowest BCUT2D eigenvalue weighted by molar-refractivity contribution is 0.152. The van der Waals surface area contributed by atoms with Crippen LogP contribution in [-0.2, 0) is 6.54 Å². The van der Waals surface area contributed by atoms with E-state index in [1.54, 1.807) is 0 Å². The van der Waals surface area contributed by atoms with Gasteiger partial charge in [0.15, 0.2) is 0 Å². The summed E-state index contributed by atoms with van der Waals surface area (Å²) in [5.41, 5.74) is 15.1. The highest BCUT2D eigenvalue weighted by Crippen LogP contribution is 2.28. The molecule has 0 atom stereocenters. The molecule has 1 aromatic carbocycles. The summed E-state index contributed by atoms with van der Waals surface area (Å²) in [5.74, 6) is 0.812. The number of nitrogens with two attached hydrogens (primary N) is 1. The van der Waals surface area contributed by atoms with Crippen LogP contribution in [0.15, 0.2) is 54.7 Å². The van der Waals surface area contributed by atoms with Crippen LogP contribution in [-0.4, -0.2) is 65.4 Å². The molecule has 1 aromatic rings. The molecule has 0 saturated carbocycles. The van der Waals surface area contributed by atoms with E-state index in [1.165, 1.54) is 28.0 Å². The highest BCUT2D eigenvalue weighted by molar-refractivity contribution is 5.66. The lowest BCUT2D eigenvalue weighted by atomic mass is 9.96. The number of rotatable bonds is 8. The summed E-state index contributed by atoms with van der Waals surface area (Å²) in [5, 5.41) is 0. The summed E-state index contributed by atoms with van der Waals surface area (Å²) in [6.07, 6.45) is 6.43. The smallest absolute Gasteiger partial charge is 0.0988 e. The number of nitrogens with zero attached hydrogens (tertiary/aromatic N) is 4. The van der Waals surface area contributed by atoms with Gasteiger partial charge in [-0.1, -0.05) is 39.1 Å². The normalized spacial score (nSPS) is 18.6. The fraction of sp³-hybridized carbons (Fsp3) is 0.517. The van der Waals surface area contributed by atoms with Crippen molar-refractivity contribution < 1.29 is 0 Å². The van der Waals surface area contributed by atoms with Crippen molar-refractivity contribution in [2.45, 2.75) is 54.0 Å². The average molecular weight is 464 g/mol. The molecule has 0 radical (unpaired) electrons. The number of hydrogen-bond acceptors (Lipinski definition) is 5. The Morgan fingerprint density at radius 1 is 0.941 bits per heavy atom. The lowest BCUT2D eigenvalue weighted by Crippen LogP contribution is -2.45. The van der Waals surface area contributed by atoms with Crippen LogP contribution in [0.5, 0.6) is 0 Å². The Balaban J connectivity index is 1.68. The van der Waals surface area contributed by atoms with E-state index in [-0.39, 0.29) is 0 Å². The second kappa shape index (κ2) is 11.7. The molecular formula is C29H45N5. The Morgan fingerprint density at radius 3 is 2.21 bits per heavy atom. The fourth-order valence-electron chi connectivity index (χ4n) is 5.10. The SMILES string of the molecule is C=C(c1cc(CN2CCN(/C(C)=C/CC)CC2)c(C)cc1C)N1CCN(/C(N)=C/CC)C(=C)C1. The second-order valence-corrected chi connectivity index (χ2v) is 9.73. The van der Waals surface area contributed by atoms with E-state index in [0.29, 0.717) is 0 Å². The molecule has 2 saturated heterocycles. The molecule has 0 spiro atoms. The molecule has 0 unspecified atom stereocenters. The Labute approximate surface area is 207 Å². The predicted octanol–water partition coefficient (Wildman–Crippen LogP) is 5.05. The van der Waals surface area contributed by atoms with Crippen LogP contribution in [0.2, 0.25) is 0 Å². The number of hydrogen-bond donors (Lipinski definition) is 1. The van der Waals surface area contributed by atoms with Gasteiger partial charge in [-0.05, 0) is 62.4 Å². The Kier molecular flexibility index (Phi) is 8.90. The Bertz CT molecular complexity index is 950. The molecule has 2 aliphatic rings. The van der Waals surface area contributed by atoms with Crippen molar-refractivity contribution in [3.05, 3.63) is 76.9 Å². The predicted molar refractivity (Wildman–Crippen MR) is 146 cm³/mol. The monoisotopic (exact) mass is 463 g/mol. The van der Waals surface area contributed by atoms with E-state index in [0.717, 1.165) is 82.4 Å². The van der Waals surface area contributed by atoms with Gasteiger partial charge < -0.3 is 20.4 Å². The Hall–Kier alpha value is -2.66. The number of allylic oxidation sites excluding steroid dienone is 3. The lowest BCUT2D eigenvalue weighted by Gasteiger charge is -2.40. The molecule has 186 valence electrons. The quantitative estimate of drug-likeness (QED) is 0.584. The first-order chi connectivity index (χ1) is 16.2. The maximum Gasteiger partial charge on any atom is 0.0988 e. The van der Waals surface area contributed by atoms with Crippen molar-refractivity contribution >= 4 is 5.70 Å².